The van der Waals surface area contributed by atoms with Crippen LogP contribution in [0.5, 0.6) is 0 Å². The molecule has 2 aromatic carbocycles. The van der Waals surface area contributed by atoms with E-state index in [-0.39, 0.29) is 11.9 Å². The molecule has 1 aliphatic carbocycles. The number of nitrogens with zero attached hydrogens (tertiary/aromatic N) is 2. The molecular weight excluding hydrogens is 408 g/mol. The van der Waals surface area contributed by atoms with E-state index >= 15 is 0 Å². The van der Waals surface area contributed by atoms with Crippen LogP contribution in [0.25, 0.3) is 22.0 Å². The highest BCUT2D eigenvalue weighted by atomic mass is 16.5. The molecule has 0 saturated heterocycles. The molecule has 0 unspecified atom stereocenters. The average molecular weight is 434 g/mol. The maximum atomic E-state index is 12.5. The lowest BCUT2D eigenvalue weighted by atomic mass is 9.97. The van der Waals surface area contributed by atoms with Crippen LogP contribution in [0.1, 0.15) is 35.7 Å². The van der Waals surface area contributed by atoms with E-state index in [4.69, 9.17) is 4.74 Å². The van der Waals surface area contributed by atoms with Crippen molar-refractivity contribution in [2.24, 2.45) is 0 Å². The SMILES string of the molecule is CO[C@H](C)[C@H](Nc1ncc2cc(-c3cc(C(=O)NC4CC4)ccc3C)ccc2n1)C(=O)O. The zero-order valence-electron chi connectivity index (χ0n) is 18.3. The molecule has 1 aromatic heterocycles. The van der Waals surface area contributed by atoms with Crippen LogP contribution in [0, 0.1) is 6.92 Å². The standard InChI is InChI=1S/C24H26N4O4/c1-13-4-5-16(22(29)26-18-7-8-18)11-19(13)15-6-9-20-17(10-15)12-25-24(27-20)28-21(23(30)31)14(2)32-3/h4-6,9-12,14,18,21H,7-8H2,1-3H3,(H,26,29)(H,30,31)(H,25,27,28)/t14-,21+/m1/s1. The van der Waals surface area contributed by atoms with Crippen molar-refractivity contribution in [3.63, 3.8) is 0 Å². The highest BCUT2D eigenvalue weighted by molar-refractivity contribution is 5.96. The Balaban J connectivity index is 1.61. The number of anilines is 1. The summed E-state index contributed by atoms with van der Waals surface area (Å²) < 4.78 is 5.13. The number of benzene rings is 2. The van der Waals surface area contributed by atoms with E-state index in [2.05, 4.69) is 20.6 Å². The number of aliphatic carboxylic acids is 1. The number of carbonyl (C=O) groups is 2. The van der Waals surface area contributed by atoms with Gasteiger partial charge in [-0.05, 0) is 67.6 Å². The fourth-order valence-corrected chi connectivity index (χ4v) is 3.50. The number of hydrogen-bond acceptors (Lipinski definition) is 6. The van der Waals surface area contributed by atoms with E-state index in [9.17, 15) is 14.7 Å². The Morgan fingerprint density at radius 1 is 1.19 bits per heavy atom. The van der Waals surface area contributed by atoms with Gasteiger partial charge in [0.2, 0.25) is 5.95 Å². The monoisotopic (exact) mass is 434 g/mol. The minimum Gasteiger partial charge on any atom is -0.480 e. The van der Waals surface area contributed by atoms with Crippen LogP contribution in [0.15, 0.2) is 42.6 Å². The summed E-state index contributed by atoms with van der Waals surface area (Å²) in [6.07, 6.45) is 3.19. The number of aromatic nitrogens is 2. The fourth-order valence-electron chi connectivity index (χ4n) is 3.50. The van der Waals surface area contributed by atoms with Crippen LogP contribution in [-0.4, -0.2) is 52.2 Å². The van der Waals surface area contributed by atoms with Crippen molar-refractivity contribution in [3.8, 4) is 11.1 Å². The van der Waals surface area contributed by atoms with Crippen molar-refractivity contribution in [1.29, 1.82) is 0 Å². The number of aryl methyl sites for hydroxylation is 1. The van der Waals surface area contributed by atoms with Crippen LogP contribution in [0.2, 0.25) is 0 Å². The molecule has 8 heteroatoms. The fraction of sp³-hybridized carbons (Fsp3) is 0.333. The summed E-state index contributed by atoms with van der Waals surface area (Å²) in [4.78, 5) is 32.7. The van der Waals surface area contributed by atoms with E-state index in [0.29, 0.717) is 17.1 Å². The third kappa shape index (κ3) is 4.70. The zero-order chi connectivity index (χ0) is 22.8. The van der Waals surface area contributed by atoms with Crippen molar-refractivity contribution in [1.82, 2.24) is 15.3 Å². The minimum absolute atomic E-state index is 0.0492. The maximum Gasteiger partial charge on any atom is 0.328 e. The van der Waals surface area contributed by atoms with Gasteiger partial charge in [-0.3, -0.25) is 4.79 Å². The number of hydrogen-bond donors (Lipinski definition) is 3. The lowest BCUT2D eigenvalue weighted by Gasteiger charge is -2.20. The van der Waals surface area contributed by atoms with Gasteiger partial charge in [0.05, 0.1) is 11.6 Å². The average Bonchev–Trinajstić information content (AvgIpc) is 3.60. The summed E-state index contributed by atoms with van der Waals surface area (Å²) in [5.41, 5.74) is 4.31. The zero-order valence-corrected chi connectivity index (χ0v) is 18.3. The largest absolute Gasteiger partial charge is 0.480 e. The first kappa shape index (κ1) is 21.7. The highest BCUT2D eigenvalue weighted by Crippen LogP contribution is 2.28. The summed E-state index contributed by atoms with van der Waals surface area (Å²) >= 11 is 0. The first-order chi connectivity index (χ1) is 15.4. The van der Waals surface area contributed by atoms with Crippen molar-refractivity contribution < 1.29 is 19.4 Å². The normalized spacial score (nSPS) is 15.2. The third-order valence-electron chi connectivity index (χ3n) is 5.69. The molecular formula is C24H26N4O4. The molecule has 1 saturated carbocycles. The van der Waals surface area contributed by atoms with Gasteiger partial charge in [0.1, 0.15) is 0 Å². The number of fused-ring (bicyclic) bond motifs is 1. The predicted octanol–water partition coefficient (Wildman–Crippen LogP) is 3.40. The molecule has 1 aliphatic rings. The predicted molar refractivity (Wildman–Crippen MR) is 122 cm³/mol. The van der Waals surface area contributed by atoms with E-state index in [1.807, 2.05) is 43.3 Å². The van der Waals surface area contributed by atoms with Crippen molar-refractivity contribution in [2.75, 3.05) is 12.4 Å². The number of carboxylic acids is 1. The second-order valence-corrected chi connectivity index (χ2v) is 8.15. The van der Waals surface area contributed by atoms with Crippen molar-refractivity contribution >= 4 is 28.7 Å². The second kappa shape index (κ2) is 8.92. The van der Waals surface area contributed by atoms with Crippen LogP contribution in [0.4, 0.5) is 5.95 Å². The molecule has 0 radical (unpaired) electrons. The van der Waals surface area contributed by atoms with Crippen LogP contribution in [0.3, 0.4) is 0 Å². The molecule has 32 heavy (non-hydrogen) atoms. The van der Waals surface area contributed by atoms with E-state index < -0.39 is 18.1 Å². The Morgan fingerprint density at radius 3 is 2.66 bits per heavy atom. The first-order valence-electron chi connectivity index (χ1n) is 10.6. The number of nitrogens with one attached hydrogen (secondary N) is 2. The quantitative estimate of drug-likeness (QED) is 0.498. The molecule has 166 valence electrons. The molecule has 3 N–H and O–H groups in total. The molecule has 0 spiro atoms. The Labute approximate surface area is 186 Å². The summed E-state index contributed by atoms with van der Waals surface area (Å²) in [5.74, 6) is -0.872. The molecule has 0 aliphatic heterocycles. The van der Waals surface area contributed by atoms with Gasteiger partial charge in [-0.2, -0.15) is 0 Å². The van der Waals surface area contributed by atoms with Crippen LogP contribution >= 0.6 is 0 Å². The van der Waals surface area contributed by atoms with Gasteiger partial charge < -0.3 is 20.5 Å². The van der Waals surface area contributed by atoms with E-state index in [1.165, 1.54) is 7.11 Å². The Bertz CT molecular complexity index is 1180. The molecule has 3 aromatic rings. The molecule has 4 rings (SSSR count). The Kier molecular flexibility index (Phi) is 6.05. The molecule has 1 amide bonds. The van der Waals surface area contributed by atoms with E-state index in [1.54, 1.807) is 13.1 Å². The number of methoxy groups -OCH3 is 1. The highest BCUT2D eigenvalue weighted by Gasteiger charge is 2.26. The van der Waals surface area contributed by atoms with E-state index in [0.717, 1.165) is 34.9 Å². The first-order valence-corrected chi connectivity index (χ1v) is 10.6. The third-order valence-corrected chi connectivity index (χ3v) is 5.69. The Hall–Kier alpha value is -3.52. The van der Waals surface area contributed by atoms with Gasteiger partial charge in [0.15, 0.2) is 6.04 Å². The minimum atomic E-state index is -1.04. The van der Waals surface area contributed by atoms with Gasteiger partial charge >= 0.3 is 5.97 Å². The summed E-state index contributed by atoms with van der Waals surface area (Å²) in [7, 11) is 1.46. The van der Waals surface area contributed by atoms with Crippen LogP contribution < -0.4 is 10.6 Å². The number of rotatable bonds is 8. The number of amides is 1. The molecule has 8 nitrogen and oxygen atoms in total. The number of ether oxygens (including phenoxy) is 1. The summed E-state index contributed by atoms with van der Waals surface area (Å²) in [6.45, 7) is 3.68. The van der Waals surface area contributed by atoms with Gasteiger partial charge in [0, 0.05) is 30.3 Å². The van der Waals surface area contributed by atoms with Crippen molar-refractivity contribution in [3.05, 3.63) is 53.7 Å². The molecule has 2 atom stereocenters. The number of carboxylic acid groups (broad SMARTS) is 1. The number of carbonyl (C=O) groups excluding carboxylic acids is 1. The summed E-state index contributed by atoms with van der Waals surface area (Å²) in [5, 5.41) is 16.1. The van der Waals surface area contributed by atoms with Gasteiger partial charge in [0.25, 0.3) is 5.91 Å². The lowest BCUT2D eigenvalue weighted by molar-refractivity contribution is -0.140. The maximum absolute atomic E-state index is 12.5. The van der Waals surface area contributed by atoms with Gasteiger partial charge in [-0.15, -0.1) is 0 Å². The Morgan fingerprint density at radius 2 is 1.97 bits per heavy atom. The molecule has 1 heterocycles. The molecule has 0 bridgehead atoms. The smallest absolute Gasteiger partial charge is 0.328 e. The van der Waals surface area contributed by atoms with Crippen molar-refractivity contribution in [2.45, 2.75) is 44.9 Å². The lowest BCUT2D eigenvalue weighted by Crippen LogP contribution is -2.40. The second-order valence-electron chi connectivity index (χ2n) is 8.15. The summed E-state index contributed by atoms with van der Waals surface area (Å²) in [6, 6.07) is 10.8. The molecule has 1 fully saturated rings. The van der Waals surface area contributed by atoms with Gasteiger partial charge in [-0.25, -0.2) is 14.8 Å². The topological polar surface area (TPSA) is 113 Å². The van der Waals surface area contributed by atoms with Crippen LogP contribution in [-0.2, 0) is 9.53 Å². The van der Waals surface area contributed by atoms with Gasteiger partial charge in [-0.1, -0.05) is 12.1 Å².